The van der Waals surface area contributed by atoms with Crippen LogP contribution in [0.4, 0.5) is 11.5 Å². The van der Waals surface area contributed by atoms with Crippen LogP contribution in [-0.4, -0.2) is 43.2 Å². The number of nitrogens with zero attached hydrogens (tertiary/aromatic N) is 2. The number of aromatic nitrogens is 2. The van der Waals surface area contributed by atoms with E-state index >= 15 is 0 Å². The van der Waals surface area contributed by atoms with Gasteiger partial charge in [0, 0.05) is 16.6 Å². The zero-order valence-corrected chi connectivity index (χ0v) is 19.3. The van der Waals surface area contributed by atoms with Gasteiger partial charge in [-0.25, -0.2) is 19.6 Å². The van der Waals surface area contributed by atoms with E-state index in [1.54, 1.807) is 19.2 Å². The smallest absolute Gasteiger partial charge is 0.337 e. The molecule has 2 heterocycles. The number of carbonyl (C=O) groups is 2. The minimum absolute atomic E-state index is 0.214. The standard InChI is InChI=1S/C24H21N3O5S/c1-13-25-21(27-17-10-15(23(28)31-3)9-16(11-17)24(29)32-4)20-19(12-33-22(20)26-13)14-5-7-18(30-2)8-6-14/h5-12H,1-4H3,(H,25,26,27). The van der Waals surface area contributed by atoms with Crippen LogP contribution in [0.15, 0.2) is 47.8 Å². The van der Waals surface area contributed by atoms with Crippen molar-refractivity contribution in [1.29, 1.82) is 0 Å². The van der Waals surface area contributed by atoms with E-state index in [-0.39, 0.29) is 11.1 Å². The molecule has 0 radical (unpaired) electrons. The summed E-state index contributed by atoms with van der Waals surface area (Å²) in [5.41, 5.74) is 2.86. The second-order valence-corrected chi connectivity index (χ2v) is 7.94. The normalized spacial score (nSPS) is 10.7. The highest BCUT2D eigenvalue weighted by Crippen LogP contribution is 2.38. The number of ether oxygens (including phenoxy) is 3. The van der Waals surface area contributed by atoms with Crippen LogP contribution in [0.3, 0.4) is 0 Å². The molecule has 0 unspecified atom stereocenters. The van der Waals surface area contributed by atoms with Gasteiger partial charge in [-0.15, -0.1) is 11.3 Å². The number of carbonyl (C=O) groups excluding carboxylic acids is 2. The van der Waals surface area contributed by atoms with Gasteiger partial charge in [0.05, 0.1) is 37.8 Å². The Morgan fingerprint density at radius 3 is 2.12 bits per heavy atom. The Balaban J connectivity index is 1.84. The van der Waals surface area contributed by atoms with E-state index in [4.69, 9.17) is 14.2 Å². The van der Waals surface area contributed by atoms with E-state index < -0.39 is 11.9 Å². The monoisotopic (exact) mass is 463 g/mol. The van der Waals surface area contributed by atoms with E-state index in [1.165, 1.54) is 31.6 Å². The van der Waals surface area contributed by atoms with Gasteiger partial charge in [0.25, 0.3) is 0 Å². The Morgan fingerprint density at radius 2 is 1.55 bits per heavy atom. The van der Waals surface area contributed by atoms with E-state index in [9.17, 15) is 9.59 Å². The van der Waals surface area contributed by atoms with Gasteiger partial charge < -0.3 is 19.5 Å². The maximum Gasteiger partial charge on any atom is 0.337 e. The zero-order valence-electron chi connectivity index (χ0n) is 18.5. The highest BCUT2D eigenvalue weighted by molar-refractivity contribution is 7.17. The molecule has 4 aromatic rings. The fourth-order valence-corrected chi connectivity index (χ4v) is 4.42. The predicted octanol–water partition coefficient (Wildman–Crippen LogP) is 4.99. The Kier molecular flexibility index (Phi) is 6.23. The van der Waals surface area contributed by atoms with Crippen LogP contribution in [0.25, 0.3) is 21.3 Å². The lowest BCUT2D eigenvalue weighted by atomic mass is 10.1. The van der Waals surface area contributed by atoms with Crippen LogP contribution in [0.5, 0.6) is 5.75 Å². The second kappa shape index (κ2) is 9.25. The highest BCUT2D eigenvalue weighted by atomic mass is 32.1. The minimum Gasteiger partial charge on any atom is -0.497 e. The summed E-state index contributed by atoms with van der Waals surface area (Å²) in [6, 6.07) is 12.3. The van der Waals surface area contributed by atoms with Gasteiger partial charge >= 0.3 is 11.9 Å². The van der Waals surface area contributed by atoms with Gasteiger partial charge in [0.15, 0.2) is 0 Å². The largest absolute Gasteiger partial charge is 0.497 e. The molecule has 4 rings (SSSR count). The average Bonchev–Trinajstić information content (AvgIpc) is 3.26. The molecule has 0 aliphatic carbocycles. The van der Waals surface area contributed by atoms with Gasteiger partial charge in [-0.3, -0.25) is 0 Å². The molecule has 0 bridgehead atoms. The Labute approximate surface area is 194 Å². The SMILES string of the molecule is COC(=O)c1cc(Nc2nc(C)nc3scc(-c4ccc(OC)cc4)c23)cc(C(=O)OC)c1. The van der Waals surface area contributed by atoms with Crippen LogP contribution in [0, 0.1) is 6.92 Å². The van der Waals surface area contributed by atoms with Crippen molar-refractivity contribution in [3.8, 4) is 16.9 Å². The van der Waals surface area contributed by atoms with E-state index in [1.807, 2.05) is 36.6 Å². The average molecular weight is 464 g/mol. The number of nitrogens with one attached hydrogen (secondary N) is 1. The third kappa shape index (κ3) is 4.49. The Bertz CT molecular complexity index is 1310. The van der Waals surface area contributed by atoms with Crippen LogP contribution in [0.2, 0.25) is 0 Å². The van der Waals surface area contributed by atoms with Gasteiger partial charge in [0.2, 0.25) is 0 Å². The zero-order chi connectivity index (χ0) is 23.5. The number of rotatable bonds is 6. The van der Waals surface area contributed by atoms with Gasteiger partial charge in [0.1, 0.15) is 22.2 Å². The maximum atomic E-state index is 12.2. The molecule has 0 aliphatic heterocycles. The van der Waals surface area contributed by atoms with Crippen molar-refractivity contribution in [2.24, 2.45) is 0 Å². The molecule has 2 aromatic heterocycles. The molecule has 33 heavy (non-hydrogen) atoms. The summed E-state index contributed by atoms with van der Waals surface area (Å²) in [5.74, 6) is 0.774. The molecule has 8 nitrogen and oxygen atoms in total. The number of aryl methyl sites for hydroxylation is 1. The topological polar surface area (TPSA) is 99.6 Å². The molecule has 0 spiro atoms. The lowest BCUT2D eigenvalue weighted by molar-refractivity contribution is 0.0599. The van der Waals surface area contributed by atoms with Crippen LogP contribution < -0.4 is 10.1 Å². The highest BCUT2D eigenvalue weighted by Gasteiger charge is 2.18. The molecular weight excluding hydrogens is 442 g/mol. The molecule has 0 fully saturated rings. The number of anilines is 2. The number of fused-ring (bicyclic) bond motifs is 1. The van der Waals surface area contributed by atoms with Crippen LogP contribution >= 0.6 is 11.3 Å². The second-order valence-electron chi connectivity index (χ2n) is 7.08. The molecule has 1 N–H and O–H groups in total. The van der Waals surface area contributed by atoms with Crippen molar-refractivity contribution in [1.82, 2.24) is 9.97 Å². The lowest BCUT2D eigenvalue weighted by Crippen LogP contribution is -2.08. The number of esters is 2. The summed E-state index contributed by atoms with van der Waals surface area (Å²) >= 11 is 1.51. The van der Waals surface area contributed by atoms with Crippen LogP contribution in [0.1, 0.15) is 26.5 Å². The molecule has 0 saturated heterocycles. The fraction of sp³-hybridized carbons (Fsp3) is 0.167. The molecular formula is C24H21N3O5S. The molecule has 2 aromatic carbocycles. The Hall–Kier alpha value is -3.98. The number of methoxy groups -OCH3 is 3. The molecule has 0 amide bonds. The number of hydrogen-bond acceptors (Lipinski definition) is 9. The lowest BCUT2D eigenvalue weighted by Gasteiger charge is -2.12. The third-order valence-corrected chi connectivity index (χ3v) is 5.86. The van der Waals surface area contributed by atoms with Gasteiger partial charge in [-0.1, -0.05) is 12.1 Å². The Morgan fingerprint density at radius 1 is 0.909 bits per heavy atom. The number of thiophene rings is 1. The minimum atomic E-state index is -0.567. The summed E-state index contributed by atoms with van der Waals surface area (Å²) in [6.45, 7) is 1.81. The van der Waals surface area contributed by atoms with E-state index in [0.29, 0.717) is 17.3 Å². The molecule has 0 aliphatic rings. The first-order valence-electron chi connectivity index (χ1n) is 9.92. The van der Waals surface area contributed by atoms with E-state index in [2.05, 4.69) is 15.3 Å². The first-order valence-corrected chi connectivity index (χ1v) is 10.8. The first kappa shape index (κ1) is 22.2. The summed E-state index contributed by atoms with van der Waals surface area (Å²) in [7, 11) is 4.19. The molecule has 0 atom stereocenters. The van der Waals surface area contributed by atoms with Crippen molar-refractivity contribution in [3.05, 3.63) is 64.8 Å². The summed E-state index contributed by atoms with van der Waals surface area (Å²) in [4.78, 5) is 34.3. The first-order chi connectivity index (χ1) is 15.9. The van der Waals surface area contributed by atoms with Crippen molar-refractivity contribution in [3.63, 3.8) is 0 Å². The van der Waals surface area contributed by atoms with Crippen LogP contribution in [-0.2, 0) is 9.47 Å². The van der Waals surface area contributed by atoms with Crippen molar-refractivity contribution >= 4 is 45.0 Å². The van der Waals surface area contributed by atoms with Crippen molar-refractivity contribution in [2.45, 2.75) is 6.92 Å². The van der Waals surface area contributed by atoms with Gasteiger partial charge in [-0.2, -0.15) is 0 Å². The van der Waals surface area contributed by atoms with Crippen molar-refractivity contribution in [2.75, 3.05) is 26.6 Å². The summed E-state index contributed by atoms with van der Waals surface area (Å²) < 4.78 is 14.9. The number of benzene rings is 2. The summed E-state index contributed by atoms with van der Waals surface area (Å²) in [6.07, 6.45) is 0. The van der Waals surface area contributed by atoms with Crippen molar-refractivity contribution < 1.29 is 23.8 Å². The fourth-order valence-electron chi connectivity index (χ4n) is 3.43. The molecule has 168 valence electrons. The predicted molar refractivity (Wildman–Crippen MR) is 127 cm³/mol. The summed E-state index contributed by atoms with van der Waals surface area (Å²) in [5, 5.41) is 6.12. The third-order valence-electron chi connectivity index (χ3n) is 4.98. The molecule has 0 saturated carbocycles. The van der Waals surface area contributed by atoms with E-state index in [0.717, 1.165) is 27.1 Å². The maximum absolute atomic E-state index is 12.2. The van der Waals surface area contributed by atoms with Gasteiger partial charge in [-0.05, 0) is 42.8 Å². The molecule has 9 heteroatoms. The number of hydrogen-bond donors (Lipinski definition) is 1. The quantitative estimate of drug-likeness (QED) is 0.399.